The van der Waals surface area contributed by atoms with E-state index in [1.165, 1.54) is 17.8 Å². The van der Waals surface area contributed by atoms with Crippen molar-refractivity contribution < 1.29 is 14.3 Å². The lowest BCUT2D eigenvalue weighted by Gasteiger charge is -2.37. The van der Waals surface area contributed by atoms with Crippen LogP contribution in [0, 0.1) is 19.7 Å². The van der Waals surface area contributed by atoms with Gasteiger partial charge in [-0.05, 0) is 43.7 Å². The number of thioether (sulfide) groups is 1. The van der Waals surface area contributed by atoms with Crippen molar-refractivity contribution in [3.63, 3.8) is 0 Å². The number of rotatable bonds is 6. The summed E-state index contributed by atoms with van der Waals surface area (Å²) in [6.45, 7) is 6.93. The molecule has 2 heterocycles. The molecule has 1 fully saturated rings. The molecule has 0 aliphatic carbocycles. The highest BCUT2D eigenvalue weighted by molar-refractivity contribution is 7.98. The topological polar surface area (TPSA) is 69.6 Å². The molecular formula is C24H25FN4O2S. The molecule has 166 valence electrons. The first-order chi connectivity index (χ1) is 15.4. The van der Waals surface area contributed by atoms with Crippen LogP contribution in [-0.2, 0) is 5.75 Å². The van der Waals surface area contributed by atoms with Gasteiger partial charge >= 0.3 is 5.97 Å². The molecule has 0 saturated carbocycles. The van der Waals surface area contributed by atoms with Crippen molar-refractivity contribution in [3.8, 4) is 0 Å². The number of aryl methyl sites for hydroxylation is 1. The third-order valence-corrected chi connectivity index (χ3v) is 6.58. The van der Waals surface area contributed by atoms with Gasteiger partial charge in [0.2, 0.25) is 0 Å². The van der Waals surface area contributed by atoms with Gasteiger partial charge in [-0.25, -0.2) is 19.2 Å². The molecule has 1 saturated heterocycles. The number of piperazine rings is 1. The Morgan fingerprint density at radius 2 is 1.75 bits per heavy atom. The molecule has 0 radical (unpaired) electrons. The number of halogens is 1. The molecule has 8 heteroatoms. The monoisotopic (exact) mass is 452 g/mol. The summed E-state index contributed by atoms with van der Waals surface area (Å²) in [7, 11) is 0. The van der Waals surface area contributed by atoms with Gasteiger partial charge in [0.25, 0.3) is 0 Å². The Hall–Kier alpha value is -3.13. The van der Waals surface area contributed by atoms with Gasteiger partial charge in [0.15, 0.2) is 5.16 Å². The molecule has 0 atom stereocenters. The van der Waals surface area contributed by atoms with E-state index >= 15 is 0 Å². The number of aromatic carboxylic acids is 1. The second kappa shape index (κ2) is 9.56. The minimum absolute atomic E-state index is 0.194. The maximum atomic E-state index is 14.1. The van der Waals surface area contributed by atoms with Gasteiger partial charge in [0, 0.05) is 43.2 Å². The molecular weight excluding hydrogens is 427 g/mol. The molecule has 1 aliphatic rings. The van der Waals surface area contributed by atoms with E-state index < -0.39 is 5.97 Å². The highest BCUT2D eigenvalue weighted by Gasteiger charge is 2.22. The number of hydrogen-bond acceptors (Lipinski definition) is 6. The van der Waals surface area contributed by atoms with E-state index in [9.17, 15) is 14.3 Å². The molecule has 3 aromatic rings. The van der Waals surface area contributed by atoms with Crippen molar-refractivity contribution in [1.29, 1.82) is 0 Å². The fourth-order valence-electron chi connectivity index (χ4n) is 3.77. The summed E-state index contributed by atoms with van der Waals surface area (Å²) in [5.74, 6) is 0.369. The first kappa shape index (κ1) is 22.1. The number of para-hydroxylation sites is 1. The Kier molecular flexibility index (Phi) is 6.60. The largest absolute Gasteiger partial charge is 0.478 e. The van der Waals surface area contributed by atoms with Gasteiger partial charge in [-0.1, -0.05) is 36.0 Å². The molecule has 1 N–H and O–H groups in total. The van der Waals surface area contributed by atoms with E-state index in [0.717, 1.165) is 35.7 Å². The van der Waals surface area contributed by atoms with Crippen LogP contribution in [0.1, 0.15) is 27.2 Å². The maximum Gasteiger partial charge on any atom is 0.335 e. The van der Waals surface area contributed by atoms with E-state index in [4.69, 9.17) is 4.98 Å². The Morgan fingerprint density at radius 1 is 1.03 bits per heavy atom. The van der Waals surface area contributed by atoms with E-state index in [2.05, 4.69) is 14.8 Å². The standard InChI is InChI=1S/C24H25FN4O2S/c1-16-17(2)26-24(32-15-18-6-5-7-19(14-18)23(30)31)27-22(16)29-12-10-28(11-13-29)21-9-4-3-8-20(21)25/h3-9,14H,10-13,15H2,1-2H3,(H,30,31). The van der Waals surface area contributed by atoms with Gasteiger partial charge in [-0.2, -0.15) is 0 Å². The van der Waals surface area contributed by atoms with E-state index in [-0.39, 0.29) is 11.4 Å². The van der Waals surface area contributed by atoms with Gasteiger partial charge in [-0.3, -0.25) is 0 Å². The number of carboxylic acid groups (broad SMARTS) is 1. The lowest BCUT2D eigenvalue weighted by Crippen LogP contribution is -2.47. The van der Waals surface area contributed by atoms with Crippen LogP contribution in [0.4, 0.5) is 15.9 Å². The zero-order valence-corrected chi connectivity index (χ0v) is 18.9. The summed E-state index contributed by atoms with van der Waals surface area (Å²) in [4.78, 5) is 24.9. The molecule has 0 spiro atoms. The van der Waals surface area contributed by atoms with Crippen LogP contribution in [0.5, 0.6) is 0 Å². The summed E-state index contributed by atoms with van der Waals surface area (Å²) < 4.78 is 14.1. The van der Waals surface area contributed by atoms with E-state index in [1.54, 1.807) is 24.3 Å². The summed E-state index contributed by atoms with van der Waals surface area (Å²) in [6, 6.07) is 13.8. The Labute approximate surface area is 191 Å². The summed E-state index contributed by atoms with van der Waals surface area (Å²) >= 11 is 1.49. The van der Waals surface area contributed by atoms with Gasteiger partial charge in [-0.15, -0.1) is 0 Å². The van der Waals surface area contributed by atoms with Crippen molar-refractivity contribution in [2.24, 2.45) is 0 Å². The molecule has 1 aromatic heterocycles. The van der Waals surface area contributed by atoms with Crippen molar-refractivity contribution in [2.75, 3.05) is 36.0 Å². The van der Waals surface area contributed by atoms with Crippen molar-refractivity contribution >= 4 is 29.2 Å². The highest BCUT2D eigenvalue weighted by Crippen LogP contribution is 2.28. The number of carboxylic acids is 1. The van der Waals surface area contributed by atoms with Gasteiger partial charge < -0.3 is 14.9 Å². The van der Waals surface area contributed by atoms with Crippen LogP contribution in [0.15, 0.2) is 53.7 Å². The third-order valence-electron chi connectivity index (χ3n) is 5.66. The zero-order valence-electron chi connectivity index (χ0n) is 18.1. The Bertz CT molecular complexity index is 1130. The summed E-state index contributed by atoms with van der Waals surface area (Å²) in [5.41, 5.74) is 3.80. The summed E-state index contributed by atoms with van der Waals surface area (Å²) in [5, 5.41) is 9.85. The minimum Gasteiger partial charge on any atom is -0.478 e. The Balaban J connectivity index is 1.46. The fourth-order valence-corrected chi connectivity index (χ4v) is 4.60. The lowest BCUT2D eigenvalue weighted by molar-refractivity contribution is 0.0696. The molecule has 0 unspecified atom stereocenters. The quantitative estimate of drug-likeness (QED) is 0.435. The number of nitrogens with zero attached hydrogens (tertiary/aromatic N) is 4. The van der Waals surface area contributed by atoms with Crippen LogP contribution in [0.25, 0.3) is 0 Å². The second-order valence-corrected chi connectivity index (χ2v) is 8.70. The number of benzene rings is 2. The van der Waals surface area contributed by atoms with Crippen molar-refractivity contribution in [2.45, 2.75) is 24.8 Å². The van der Waals surface area contributed by atoms with Crippen LogP contribution in [-0.4, -0.2) is 47.2 Å². The molecule has 0 bridgehead atoms. The first-order valence-corrected chi connectivity index (χ1v) is 11.5. The predicted molar refractivity (Wildman–Crippen MR) is 125 cm³/mol. The van der Waals surface area contributed by atoms with E-state index in [0.29, 0.717) is 29.7 Å². The number of anilines is 2. The number of hydrogen-bond donors (Lipinski definition) is 1. The number of aromatic nitrogens is 2. The van der Waals surface area contributed by atoms with Crippen LogP contribution < -0.4 is 9.80 Å². The van der Waals surface area contributed by atoms with Crippen LogP contribution >= 0.6 is 11.8 Å². The average Bonchev–Trinajstić information content (AvgIpc) is 2.80. The van der Waals surface area contributed by atoms with Gasteiger partial charge in [0.05, 0.1) is 11.3 Å². The fraction of sp³-hybridized carbons (Fsp3) is 0.292. The molecule has 4 rings (SSSR count). The molecule has 0 amide bonds. The van der Waals surface area contributed by atoms with Crippen LogP contribution in [0.3, 0.4) is 0 Å². The zero-order chi connectivity index (χ0) is 22.7. The van der Waals surface area contributed by atoms with Crippen molar-refractivity contribution in [3.05, 3.63) is 76.7 Å². The SMILES string of the molecule is Cc1nc(SCc2cccc(C(=O)O)c2)nc(N2CCN(c3ccccc3F)CC2)c1C. The third kappa shape index (κ3) is 4.85. The number of carbonyl (C=O) groups is 1. The van der Waals surface area contributed by atoms with E-state index in [1.807, 2.05) is 32.0 Å². The second-order valence-electron chi connectivity index (χ2n) is 7.76. The Morgan fingerprint density at radius 3 is 2.47 bits per heavy atom. The lowest BCUT2D eigenvalue weighted by atomic mass is 10.1. The molecule has 32 heavy (non-hydrogen) atoms. The molecule has 6 nitrogen and oxygen atoms in total. The average molecular weight is 453 g/mol. The first-order valence-electron chi connectivity index (χ1n) is 10.5. The maximum absolute atomic E-state index is 14.1. The highest BCUT2D eigenvalue weighted by atomic mass is 32.2. The van der Waals surface area contributed by atoms with Gasteiger partial charge in [0.1, 0.15) is 11.6 Å². The predicted octanol–water partition coefficient (Wildman–Crippen LogP) is 4.55. The normalized spacial score (nSPS) is 14.0. The van der Waals surface area contributed by atoms with Crippen LogP contribution in [0.2, 0.25) is 0 Å². The smallest absolute Gasteiger partial charge is 0.335 e. The summed E-state index contributed by atoms with van der Waals surface area (Å²) in [6.07, 6.45) is 0. The minimum atomic E-state index is -0.934. The molecule has 1 aliphatic heterocycles. The van der Waals surface area contributed by atoms with Crippen molar-refractivity contribution in [1.82, 2.24) is 9.97 Å². The molecule has 2 aromatic carbocycles.